The van der Waals surface area contributed by atoms with Gasteiger partial charge in [-0.2, -0.15) is 0 Å². The molecule has 2 heterocycles. The van der Waals surface area contributed by atoms with Crippen LogP contribution in [0.15, 0.2) is 0 Å². The third kappa shape index (κ3) is 3.20. The predicted molar refractivity (Wildman–Crippen MR) is 84.8 cm³/mol. The van der Waals surface area contributed by atoms with Crippen molar-refractivity contribution >= 4 is 0 Å². The van der Waals surface area contributed by atoms with E-state index in [0.717, 1.165) is 12.0 Å². The maximum absolute atomic E-state index is 6.52. The van der Waals surface area contributed by atoms with Crippen LogP contribution in [0.1, 0.15) is 57.8 Å². The molecule has 1 aliphatic carbocycles. The van der Waals surface area contributed by atoms with E-state index in [9.17, 15) is 0 Å². The monoisotopic (exact) mass is 279 g/mol. The molecule has 0 amide bonds. The highest BCUT2D eigenvalue weighted by Crippen LogP contribution is 2.32. The number of rotatable bonds is 1. The number of piperidine rings is 2. The molecule has 3 aliphatic rings. The average molecular weight is 279 g/mol. The van der Waals surface area contributed by atoms with E-state index in [-0.39, 0.29) is 0 Å². The van der Waals surface area contributed by atoms with Crippen molar-refractivity contribution in [3.05, 3.63) is 0 Å². The van der Waals surface area contributed by atoms with Crippen LogP contribution in [0.3, 0.4) is 0 Å². The molecule has 3 nitrogen and oxygen atoms in total. The van der Waals surface area contributed by atoms with Crippen LogP contribution in [-0.4, -0.2) is 54.6 Å². The average Bonchev–Trinajstić information content (AvgIpc) is 2.43. The third-order valence-corrected chi connectivity index (χ3v) is 6.13. The lowest BCUT2D eigenvalue weighted by atomic mass is 9.82. The summed E-state index contributed by atoms with van der Waals surface area (Å²) in [5.74, 6) is 0.903. The Bertz CT molecular complexity index is 307. The number of likely N-dealkylation sites (tertiary alicyclic amines) is 2. The van der Waals surface area contributed by atoms with Gasteiger partial charge in [0.15, 0.2) is 0 Å². The topological polar surface area (TPSA) is 32.5 Å². The fraction of sp³-hybridized carbons (Fsp3) is 1.00. The van der Waals surface area contributed by atoms with Crippen molar-refractivity contribution in [3.8, 4) is 0 Å². The summed E-state index contributed by atoms with van der Waals surface area (Å²) in [5, 5.41) is 0. The lowest BCUT2D eigenvalue weighted by Crippen LogP contribution is -2.58. The largest absolute Gasteiger partial charge is 0.326 e. The van der Waals surface area contributed by atoms with Gasteiger partial charge in [-0.3, -0.25) is 4.90 Å². The second-order valence-corrected chi connectivity index (χ2v) is 7.46. The molecule has 4 unspecified atom stereocenters. The molecule has 3 heteroatoms. The maximum Gasteiger partial charge on any atom is 0.0247 e. The Labute approximate surface area is 124 Å². The van der Waals surface area contributed by atoms with Crippen LogP contribution in [0.25, 0.3) is 0 Å². The molecule has 2 saturated heterocycles. The fourth-order valence-electron chi connectivity index (χ4n) is 4.93. The maximum atomic E-state index is 6.52. The predicted octanol–water partition coefficient (Wildman–Crippen LogP) is 2.45. The summed E-state index contributed by atoms with van der Waals surface area (Å²) in [4.78, 5) is 5.39. The second kappa shape index (κ2) is 6.76. The fourth-order valence-corrected chi connectivity index (χ4v) is 4.93. The molecule has 0 aromatic rings. The number of fused-ring (bicyclic) bond motifs is 1. The zero-order valence-electron chi connectivity index (χ0n) is 13.3. The molecule has 0 radical (unpaired) electrons. The van der Waals surface area contributed by atoms with E-state index in [1.54, 1.807) is 0 Å². The first-order valence-corrected chi connectivity index (χ1v) is 8.95. The van der Waals surface area contributed by atoms with Gasteiger partial charge in [-0.25, -0.2) is 0 Å². The molecule has 2 N–H and O–H groups in total. The minimum Gasteiger partial charge on any atom is -0.326 e. The van der Waals surface area contributed by atoms with Gasteiger partial charge in [-0.05, 0) is 51.6 Å². The molecule has 0 bridgehead atoms. The van der Waals surface area contributed by atoms with Gasteiger partial charge in [0.05, 0.1) is 0 Å². The SMILES string of the molecule is CN1CCCC2CN(C3CCCCCCC3N)CCC21. The normalized spacial score (nSPS) is 41.7. The molecule has 3 rings (SSSR count). The van der Waals surface area contributed by atoms with Crippen molar-refractivity contribution in [2.75, 3.05) is 26.7 Å². The van der Waals surface area contributed by atoms with E-state index >= 15 is 0 Å². The van der Waals surface area contributed by atoms with E-state index in [2.05, 4.69) is 16.8 Å². The molecule has 2 aliphatic heterocycles. The van der Waals surface area contributed by atoms with E-state index in [1.807, 2.05) is 0 Å². The van der Waals surface area contributed by atoms with Gasteiger partial charge < -0.3 is 10.6 Å². The second-order valence-electron chi connectivity index (χ2n) is 7.46. The Balaban J connectivity index is 1.62. The Kier molecular flexibility index (Phi) is 5.00. The van der Waals surface area contributed by atoms with Crippen LogP contribution in [0.4, 0.5) is 0 Å². The smallest absolute Gasteiger partial charge is 0.0247 e. The Morgan fingerprint density at radius 3 is 2.45 bits per heavy atom. The van der Waals surface area contributed by atoms with Gasteiger partial charge in [0.25, 0.3) is 0 Å². The third-order valence-electron chi connectivity index (χ3n) is 6.13. The van der Waals surface area contributed by atoms with Crippen LogP contribution >= 0.6 is 0 Å². The van der Waals surface area contributed by atoms with Crippen LogP contribution in [0.2, 0.25) is 0 Å². The lowest BCUT2D eigenvalue weighted by molar-refractivity contribution is 0.0107. The van der Waals surface area contributed by atoms with Crippen molar-refractivity contribution in [2.24, 2.45) is 11.7 Å². The van der Waals surface area contributed by atoms with Gasteiger partial charge >= 0.3 is 0 Å². The molecule has 0 aromatic heterocycles. The molecular formula is C17H33N3. The zero-order valence-corrected chi connectivity index (χ0v) is 13.3. The highest BCUT2D eigenvalue weighted by molar-refractivity contribution is 4.93. The Morgan fingerprint density at radius 1 is 0.800 bits per heavy atom. The number of nitrogens with zero attached hydrogens (tertiary/aromatic N) is 2. The minimum atomic E-state index is 0.424. The molecule has 3 fully saturated rings. The first-order chi connectivity index (χ1) is 9.75. The Morgan fingerprint density at radius 2 is 1.60 bits per heavy atom. The molecule has 0 aromatic carbocycles. The van der Waals surface area contributed by atoms with E-state index in [0.29, 0.717) is 12.1 Å². The molecule has 116 valence electrons. The molecule has 4 atom stereocenters. The first kappa shape index (κ1) is 14.8. The number of hydrogen-bond acceptors (Lipinski definition) is 3. The van der Waals surface area contributed by atoms with Gasteiger partial charge in [0.2, 0.25) is 0 Å². The summed E-state index contributed by atoms with van der Waals surface area (Å²) in [6, 6.07) is 1.95. The van der Waals surface area contributed by atoms with Gasteiger partial charge in [-0.15, -0.1) is 0 Å². The van der Waals surface area contributed by atoms with E-state index in [4.69, 9.17) is 5.73 Å². The van der Waals surface area contributed by atoms with Crippen molar-refractivity contribution < 1.29 is 0 Å². The van der Waals surface area contributed by atoms with E-state index < -0.39 is 0 Å². The Hall–Kier alpha value is -0.120. The summed E-state index contributed by atoms with van der Waals surface area (Å²) in [6.07, 6.45) is 12.3. The highest BCUT2D eigenvalue weighted by atomic mass is 15.2. The van der Waals surface area contributed by atoms with Crippen LogP contribution < -0.4 is 5.73 Å². The first-order valence-electron chi connectivity index (χ1n) is 8.95. The quantitative estimate of drug-likeness (QED) is 0.800. The standard InChI is InChI=1S/C17H33N3/c1-19-11-6-7-14-13-20(12-10-16(14)19)17-9-5-3-2-4-8-15(17)18/h14-17H,2-13,18H2,1H3. The zero-order chi connectivity index (χ0) is 13.9. The van der Waals surface area contributed by atoms with Gasteiger partial charge in [0.1, 0.15) is 0 Å². The van der Waals surface area contributed by atoms with E-state index in [1.165, 1.54) is 77.4 Å². The van der Waals surface area contributed by atoms with Gasteiger partial charge in [0, 0.05) is 31.2 Å². The molecule has 1 saturated carbocycles. The van der Waals surface area contributed by atoms with Crippen LogP contribution in [-0.2, 0) is 0 Å². The van der Waals surface area contributed by atoms with Crippen molar-refractivity contribution in [1.82, 2.24) is 9.80 Å². The summed E-state index contributed by atoms with van der Waals surface area (Å²) >= 11 is 0. The minimum absolute atomic E-state index is 0.424. The molecule has 0 spiro atoms. The van der Waals surface area contributed by atoms with Crippen molar-refractivity contribution in [3.63, 3.8) is 0 Å². The summed E-state index contributed by atoms with van der Waals surface area (Å²) < 4.78 is 0. The van der Waals surface area contributed by atoms with Crippen LogP contribution in [0, 0.1) is 5.92 Å². The number of hydrogen-bond donors (Lipinski definition) is 1. The summed E-state index contributed by atoms with van der Waals surface area (Å²) in [6.45, 7) is 3.90. The van der Waals surface area contributed by atoms with Crippen LogP contribution in [0.5, 0.6) is 0 Å². The molecule has 20 heavy (non-hydrogen) atoms. The lowest BCUT2D eigenvalue weighted by Gasteiger charge is -2.49. The highest BCUT2D eigenvalue weighted by Gasteiger charge is 2.37. The summed E-state index contributed by atoms with van der Waals surface area (Å²) in [7, 11) is 2.33. The number of nitrogens with two attached hydrogens (primary N) is 1. The van der Waals surface area contributed by atoms with Crippen molar-refractivity contribution in [1.29, 1.82) is 0 Å². The molecular weight excluding hydrogens is 246 g/mol. The van der Waals surface area contributed by atoms with Gasteiger partial charge in [-0.1, -0.05) is 25.7 Å². The summed E-state index contributed by atoms with van der Waals surface area (Å²) in [5.41, 5.74) is 6.52. The van der Waals surface area contributed by atoms with Crippen molar-refractivity contribution in [2.45, 2.75) is 75.9 Å².